The van der Waals surface area contributed by atoms with Crippen molar-refractivity contribution in [3.63, 3.8) is 0 Å². The zero-order valence-corrected chi connectivity index (χ0v) is 12.9. The molecule has 2 aliphatic rings. The monoisotopic (exact) mass is 300 g/mol. The maximum atomic E-state index is 12.5. The zero-order valence-electron chi connectivity index (χ0n) is 12.9. The second kappa shape index (κ2) is 5.55. The molecule has 0 aliphatic carbocycles. The van der Waals surface area contributed by atoms with Crippen LogP contribution in [0, 0.1) is 11.8 Å². The van der Waals surface area contributed by atoms with Crippen LogP contribution in [0.1, 0.15) is 41.0 Å². The molecule has 3 amide bonds. The number of carbonyl (C=O) groups excluding carboxylic acids is 3. The van der Waals surface area contributed by atoms with Crippen LogP contribution in [-0.4, -0.2) is 47.2 Å². The number of likely N-dealkylation sites (tertiary alicyclic amines) is 1. The Balaban J connectivity index is 1.73. The molecule has 2 aliphatic heterocycles. The highest BCUT2D eigenvalue weighted by atomic mass is 16.2. The first-order chi connectivity index (χ1) is 10.5. The summed E-state index contributed by atoms with van der Waals surface area (Å²) in [6, 6.07) is 6.71. The molecule has 116 valence electrons. The van der Waals surface area contributed by atoms with Crippen LogP contribution in [0.5, 0.6) is 0 Å². The smallest absolute Gasteiger partial charge is 0.262 e. The standard InChI is InChI=1S/C17H20N2O3/c1-11-7-12(2)9-18(8-11)15(20)10-19-16(21)13-5-3-4-6-14(13)17(19)22/h3-6,11-12H,7-10H2,1-2H3. The zero-order chi connectivity index (χ0) is 15.9. The van der Waals surface area contributed by atoms with Crippen molar-refractivity contribution in [3.05, 3.63) is 35.4 Å². The van der Waals surface area contributed by atoms with Crippen molar-refractivity contribution in [3.8, 4) is 0 Å². The van der Waals surface area contributed by atoms with Crippen LogP contribution in [0.25, 0.3) is 0 Å². The number of amides is 3. The van der Waals surface area contributed by atoms with Gasteiger partial charge in [-0.15, -0.1) is 0 Å². The van der Waals surface area contributed by atoms with E-state index in [9.17, 15) is 14.4 Å². The third-order valence-electron chi connectivity index (χ3n) is 4.39. The Hall–Kier alpha value is -2.17. The fourth-order valence-electron chi connectivity index (χ4n) is 3.48. The molecule has 0 saturated carbocycles. The maximum Gasteiger partial charge on any atom is 0.262 e. The molecule has 1 fully saturated rings. The molecular weight excluding hydrogens is 280 g/mol. The van der Waals surface area contributed by atoms with Crippen LogP contribution in [-0.2, 0) is 4.79 Å². The Morgan fingerprint density at radius 1 is 1.05 bits per heavy atom. The van der Waals surface area contributed by atoms with E-state index < -0.39 is 0 Å². The molecule has 3 rings (SSSR count). The van der Waals surface area contributed by atoms with Crippen LogP contribution < -0.4 is 0 Å². The van der Waals surface area contributed by atoms with Gasteiger partial charge in [-0.1, -0.05) is 26.0 Å². The van der Waals surface area contributed by atoms with Gasteiger partial charge < -0.3 is 4.90 Å². The van der Waals surface area contributed by atoms with Crippen molar-refractivity contribution < 1.29 is 14.4 Å². The second-order valence-corrected chi connectivity index (χ2v) is 6.49. The number of fused-ring (bicyclic) bond motifs is 1. The highest BCUT2D eigenvalue weighted by Gasteiger charge is 2.37. The number of hydrogen-bond acceptors (Lipinski definition) is 3. The minimum Gasteiger partial charge on any atom is -0.341 e. The number of carbonyl (C=O) groups is 3. The lowest BCUT2D eigenvalue weighted by atomic mass is 9.92. The first kappa shape index (κ1) is 14.8. The van der Waals surface area contributed by atoms with E-state index in [-0.39, 0.29) is 24.3 Å². The summed E-state index contributed by atoms with van der Waals surface area (Å²) in [6.45, 7) is 5.49. The summed E-state index contributed by atoms with van der Waals surface area (Å²) in [6.07, 6.45) is 1.11. The highest BCUT2D eigenvalue weighted by Crippen LogP contribution is 2.24. The number of hydrogen-bond donors (Lipinski definition) is 0. The van der Waals surface area contributed by atoms with E-state index in [1.165, 1.54) is 0 Å². The van der Waals surface area contributed by atoms with Crippen molar-refractivity contribution in [2.45, 2.75) is 20.3 Å². The molecule has 0 radical (unpaired) electrons. The van der Waals surface area contributed by atoms with Gasteiger partial charge >= 0.3 is 0 Å². The third-order valence-corrected chi connectivity index (χ3v) is 4.39. The molecule has 22 heavy (non-hydrogen) atoms. The van der Waals surface area contributed by atoms with Gasteiger partial charge in [-0.25, -0.2) is 0 Å². The van der Waals surface area contributed by atoms with E-state index >= 15 is 0 Å². The van der Waals surface area contributed by atoms with Crippen molar-refractivity contribution >= 4 is 17.7 Å². The molecule has 2 unspecified atom stereocenters. The lowest BCUT2D eigenvalue weighted by molar-refractivity contribution is -0.134. The molecule has 0 spiro atoms. The lowest BCUT2D eigenvalue weighted by Gasteiger charge is -2.35. The van der Waals surface area contributed by atoms with E-state index in [2.05, 4.69) is 13.8 Å². The van der Waals surface area contributed by atoms with Crippen LogP contribution in [0.3, 0.4) is 0 Å². The summed E-state index contributed by atoms with van der Waals surface area (Å²) in [5, 5.41) is 0. The van der Waals surface area contributed by atoms with E-state index in [0.717, 1.165) is 11.3 Å². The molecule has 0 aromatic heterocycles. The van der Waals surface area contributed by atoms with Crippen LogP contribution in [0.2, 0.25) is 0 Å². The Morgan fingerprint density at radius 2 is 1.55 bits per heavy atom. The Labute approximate surface area is 129 Å². The molecule has 1 aromatic carbocycles. The molecule has 2 heterocycles. The number of benzene rings is 1. The van der Waals surface area contributed by atoms with E-state index in [1.807, 2.05) is 0 Å². The molecule has 1 aromatic rings. The fourth-order valence-corrected chi connectivity index (χ4v) is 3.48. The topological polar surface area (TPSA) is 57.7 Å². The van der Waals surface area contributed by atoms with Crippen molar-refractivity contribution in [1.29, 1.82) is 0 Å². The van der Waals surface area contributed by atoms with E-state index in [0.29, 0.717) is 36.1 Å². The molecule has 0 bridgehead atoms. The van der Waals surface area contributed by atoms with Gasteiger partial charge in [0.15, 0.2) is 0 Å². The summed E-state index contributed by atoms with van der Waals surface area (Å²) in [7, 11) is 0. The van der Waals surface area contributed by atoms with Gasteiger partial charge in [-0.05, 0) is 30.4 Å². The van der Waals surface area contributed by atoms with Crippen LogP contribution >= 0.6 is 0 Å². The van der Waals surface area contributed by atoms with Gasteiger partial charge in [0.25, 0.3) is 11.8 Å². The van der Waals surface area contributed by atoms with Crippen molar-refractivity contribution in [2.24, 2.45) is 11.8 Å². The Bertz CT molecular complexity index is 596. The molecular formula is C17H20N2O3. The quantitative estimate of drug-likeness (QED) is 0.782. The van der Waals surface area contributed by atoms with E-state index in [4.69, 9.17) is 0 Å². The third kappa shape index (κ3) is 2.51. The predicted octanol–water partition coefficient (Wildman–Crippen LogP) is 1.79. The van der Waals surface area contributed by atoms with Gasteiger partial charge in [0.2, 0.25) is 5.91 Å². The minimum atomic E-state index is -0.368. The van der Waals surface area contributed by atoms with Crippen LogP contribution in [0.15, 0.2) is 24.3 Å². The van der Waals surface area contributed by atoms with Crippen molar-refractivity contribution in [2.75, 3.05) is 19.6 Å². The average molecular weight is 300 g/mol. The second-order valence-electron chi connectivity index (χ2n) is 6.49. The van der Waals surface area contributed by atoms with Gasteiger partial charge in [0, 0.05) is 13.1 Å². The number of imide groups is 1. The first-order valence-electron chi connectivity index (χ1n) is 7.70. The first-order valence-corrected chi connectivity index (χ1v) is 7.70. The Morgan fingerprint density at radius 3 is 2.05 bits per heavy atom. The van der Waals surface area contributed by atoms with Gasteiger partial charge in [-0.2, -0.15) is 0 Å². The number of piperidine rings is 1. The van der Waals surface area contributed by atoms with E-state index in [1.54, 1.807) is 29.2 Å². The van der Waals surface area contributed by atoms with Crippen LogP contribution in [0.4, 0.5) is 0 Å². The average Bonchev–Trinajstić information content (AvgIpc) is 2.72. The normalized spacial score (nSPS) is 24.6. The maximum absolute atomic E-state index is 12.5. The predicted molar refractivity (Wildman–Crippen MR) is 81.3 cm³/mol. The largest absolute Gasteiger partial charge is 0.341 e. The molecule has 5 heteroatoms. The summed E-state index contributed by atoms with van der Waals surface area (Å²) < 4.78 is 0. The molecule has 0 N–H and O–H groups in total. The summed E-state index contributed by atoms with van der Waals surface area (Å²) >= 11 is 0. The van der Waals surface area contributed by atoms with Gasteiger partial charge in [0.1, 0.15) is 6.54 Å². The van der Waals surface area contributed by atoms with Crippen molar-refractivity contribution in [1.82, 2.24) is 9.80 Å². The lowest BCUT2D eigenvalue weighted by Crippen LogP contribution is -2.48. The highest BCUT2D eigenvalue weighted by molar-refractivity contribution is 6.22. The molecule has 2 atom stereocenters. The van der Waals surface area contributed by atoms with Gasteiger partial charge in [0.05, 0.1) is 11.1 Å². The number of rotatable bonds is 2. The Kier molecular flexibility index (Phi) is 3.72. The fraction of sp³-hybridized carbons (Fsp3) is 0.471. The molecule has 5 nitrogen and oxygen atoms in total. The SMILES string of the molecule is CC1CC(C)CN(C(=O)CN2C(=O)c3ccccc3C2=O)C1. The summed E-state index contributed by atoms with van der Waals surface area (Å²) in [5.74, 6) is 0.0248. The molecule has 1 saturated heterocycles. The summed E-state index contributed by atoms with van der Waals surface area (Å²) in [5.41, 5.74) is 0.779. The minimum absolute atomic E-state index is 0.145. The number of nitrogens with zero attached hydrogens (tertiary/aromatic N) is 2. The van der Waals surface area contributed by atoms with Gasteiger partial charge in [-0.3, -0.25) is 19.3 Å². The summed E-state index contributed by atoms with van der Waals surface area (Å²) in [4.78, 5) is 39.9.